The fourth-order valence-corrected chi connectivity index (χ4v) is 2.66. The normalized spacial score (nSPS) is 22.3. The quantitative estimate of drug-likeness (QED) is 0.639. The number of imide groups is 1. The molecule has 2 aliphatic rings. The number of amides is 3. The van der Waals surface area contributed by atoms with Crippen LogP contribution in [0.25, 0.3) is 0 Å². The molecule has 122 valence electrons. The molecule has 2 aliphatic heterocycles. The summed E-state index contributed by atoms with van der Waals surface area (Å²) in [5.74, 6) is 0.133. The Morgan fingerprint density at radius 3 is 2.83 bits per heavy atom. The molecule has 0 aromatic heterocycles. The highest BCUT2D eigenvalue weighted by molar-refractivity contribution is 6.08. The van der Waals surface area contributed by atoms with Gasteiger partial charge in [0.2, 0.25) is 6.79 Å². The Bertz CT molecular complexity index is 689. The van der Waals surface area contributed by atoms with Crippen molar-refractivity contribution in [3.8, 4) is 11.5 Å². The third-order valence-corrected chi connectivity index (χ3v) is 3.85. The monoisotopic (exact) mass is 320 g/mol. The van der Waals surface area contributed by atoms with Crippen molar-refractivity contribution in [2.45, 2.75) is 18.9 Å². The Morgan fingerprint density at radius 2 is 2.09 bits per heavy atom. The third-order valence-electron chi connectivity index (χ3n) is 3.85. The van der Waals surface area contributed by atoms with E-state index in [1.165, 1.54) is 7.11 Å². The van der Waals surface area contributed by atoms with Gasteiger partial charge in [-0.15, -0.1) is 0 Å². The highest BCUT2D eigenvalue weighted by atomic mass is 16.7. The zero-order valence-corrected chi connectivity index (χ0v) is 12.8. The lowest BCUT2D eigenvalue weighted by molar-refractivity contribution is -0.145. The maximum atomic E-state index is 12.5. The molecule has 0 radical (unpaired) electrons. The summed E-state index contributed by atoms with van der Waals surface area (Å²) in [5, 5.41) is 2.63. The van der Waals surface area contributed by atoms with Crippen molar-refractivity contribution in [2.75, 3.05) is 20.4 Å². The molecule has 23 heavy (non-hydrogen) atoms. The van der Waals surface area contributed by atoms with Gasteiger partial charge in [0.25, 0.3) is 5.91 Å². The van der Waals surface area contributed by atoms with Crippen LogP contribution >= 0.6 is 0 Å². The van der Waals surface area contributed by atoms with Gasteiger partial charge < -0.3 is 19.5 Å². The van der Waals surface area contributed by atoms with E-state index in [-0.39, 0.29) is 13.2 Å². The maximum absolute atomic E-state index is 12.5. The molecule has 8 heteroatoms. The standard InChI is InChI=1S/C15H16N2O6/c1-15(6-9-3-4-10-11(5-9)23-8-22-10)13(19)17(14(20)16-15)7-12(18)21-2/h3-5H,6-8H2,1-2H3,(H,16,20)/t15-/m0/s1. The molecule has 0 aliphatic carbocycles. The molecule has 2 heterocycles. The summed E-state index contributed by atoms with van der Waals surface area (Å²) in [6, 6.07) is 4.73. The molecule has 1 saturated heterocycles. The second kappa shape index (κ2) is 5.45. The van der Waals surface area contributed by atoms with Crippen molar-refractivity contribution in [1.82, 2.24) is 10.2 Å². The number of hydrogen-bond acceptors (Lipinski definition) is 6. The first-order valence-electron chi connectivity index (χ1n) is 7.02. The average molecular weight is 320 g/mol. The predicted molar refractivity (Wildman–Crippen MR) is 76.9 cm³/mol. The number of ether oxygens (including phenoxy) is 3. The van der Waals surface area contributed by atoms with Crippen LogP contribution < -0.4 is 14.8 Å². The van der Waals surface area contributed by atoms with Crippen molar-refractivity contribution in [1.29, 1.82) is 0 Å². The van der Waals surface area contributed by atoms with Crippen LogP contribution in [0.1, 0.15) is 12.5 Å². The number of nitrogens with zero attached hydrogens (tertiary/aromatic N) is 1. The van der Waals surface area contributed by atoms with Crippen LogP contribution in [0.2, 0.25) is 0 Å². The van der Waals surface area contributed by atoms with Crippen LogP contribution in [-0.2, 0) is 20.7 Å². The van der Waals surface area contributed by atoms with E-state index >= 15 is 0 Å². The Labute approximate surface area is 132 Å². The van der Waals surface area contributed by atoms with Crippen molar-refractivity contribution >= 4 is 17.9 Å². The first kappa shape index (κ1) is 15.1. The molecule has 8 nitrogen and oxygen atoms in total. The van der Waals surface area contributed by atoms with Crippen LogP contribution in [0.15, 0.2) is 18.2 Å². The number of methoxy groups -OCH3 is 1. The van der Waals surface area contributed by atoms with Crippen LogP contribution in [-0.4, -0.2) is 48.8 Å². The second-order valence-electron chi connectivity index (χ2n) is 5.59. The van der Waals surface area contributed by atoms with Crippen molar-refractivity contribution < 1.29 is 28.6 Å². The van der Waals surface area contributed by atoms with Gasteiger partial charge in [-0.05, 0) is 24.6 Å². The molecule has 3 amide bonds. The van der Waals surface area contributed by atoms with Gasteiger partial charge >= 0.3 is 12.0 Å². The Hall–Kier alpha value is -2.77. The smallest absolute Gasteiger partial charge is 0.325 e. The van der Waals surface area contributed by atoms with Gasteiger partial charge in [-0.2, -0.15) is 0 Å². The summed E-state index contributed by atoms with van der Waals surface area (Å²) in [6.07, 6.45) is 0.270. The minimum Gasteiger partial charge on any atom is -0.468 e. The van der Waals surface area contributed by atoms with Crippen LogP contribution in [0.3, 0.4) is 0 Å². The molecule has 1 fully saturated rings. The molecule has 0 spiro atoms. The minimum absolute atomic E-state index is 0.165. The number of urea groups is 1. The van der Waals surface area contributed by atoms with E-state index in [0.29, 0.717) is 11.5 Å². The summed E-state index contributed by atoms with van der Waals surface area (Å²) >= 11 is 0. The van der Waals surface area contributed by atoms with Gasteiger partial charge in [-0.25, -0.2) is 4.79 Å². The molecule has 0 saturated carbocycles. The van der Waals surface area contributed by atoms with E-state index in [2.05, 4.69) is 10.1 Å². The van der Waals surface area contributed by atoms with Gasteiger partial charge in [0.15, 0.2) is 11.5 Å². The topological polar surface area (TPSA) is 94.2 Å². The number of benzene rings is 1. The molecular formula is C15H16N2O6. The van der Waals surface area contributed by atoms with Gasteiger partial charge in [-0.3, -0.25) is 14.5 Å². The minimum atomic E-state index is -1.13. The number of esters is 1. The summed E-state index contributed by atoms with van der Waals surface area (Å²) in [6.45, 7) is 1.38. The zero-order chi connectivity index (χ0) is 16.6. The molecule has 1 aromatic carbocycles. The van der Waals surface area contributed by atoms with Crippen molar-refractivity contribution in [3.63, 3.8) is 0 Å². The predicted octanol–water partition coefficient (Wildman–Crippen LogP) is 0.441. The van der Waals surface area contributed by atoms with Crippen LogP contribution in [0, 0.1) is 0 Å². The molecule has 1 N–H and O–H groups in total. The molecule has 0 bridgehead atoms. The Balaban J connectivity index is 1.78. The number of nitrogens with one attached hydrogen (secondary N) is 1. The Kier molecular flexibility index (Phi) is 3.59. The largest absolute Gasteiger partial charge is 0.468 e. The van der Waals surface area contributed by atoms with E-state index in [0.717, 1.165) is 10.5 Å². The van der Waals surface area contributed by atoms with Gasteiger partial charge in [0.1, 0.15) is 12.1 Å². The molecule has 1 aromatic rings. The fraction of sp³-hybridized carbons (Fsp3) is 0.400. The lowest BCUT2D eigenvalue weighted by Crippen LogP contribution is -2.46. The summed E-state index contributed by atoms with van der Waals surface area (Å²) < 4.78 is 15.1. The zero-order valence-electron chi connectivity index (χ0n) is 12.8. The van der Waals surface area contributed by atoms with Crippen LogP contribution in [0.4, 0.5) is 4.79 Å². The van der Waals surface area contributed by atoms with E-state index in [1.807, 2.05) is 0 Å². The maximum Gasteiger partial charge on any atom is 0.325 e. The Morgan fingerprint density at radius 1 is 1.35 bits per heavy atom. The van der Waals surface area contributed by atoms with Crippen molar-refractivity contribution in [3.05, 3.63) is 23.8 Å². The summed E-state index contributed by atoms with van der Waals surface area (Å²) in [7, 11) is 1.20. The number of rotatable bonds is 4. The van der Waals surface area contributed by atoms with Gasteiger partial charge in [0, 0.05) is 6.42 Å². The highest BCUT2D eigenvalue weighted by Crippen LogP contribution is 2.34. The fourth-order valence-electron chi connectivity index (χ4n) is 2.66. The summed E-state index contributed by atoms with van der Waals surface area (Å²) in [4.78, 5) is 36.7. The van der Waals surface area contributed by atoms with E-state index in [4.69, 9.17) is 9.47 Å². The SMILES string of the molecule is COC(=O)CN1C(=O)N[C@@](C)(Cc2ccc3c(c2)OCO3)C1=O. The lowest BCUT2D eigenvalue weighted by atomic mass is 9.92. The number of carbonyl (C=O) groups is 3. The van der Waals surface area contributed by atoms with E-state index < -0.39 is 30.0 Å². The van der Waals surface area contributed by atoms with Gasteiger partial charge in [0.05, 0.1) is 7.11 Å². The average Bonchev–Trinajstić information content (AvgIpc) is 3.05. The van der Waals surface area contributed by atoms with Gasteiger partial charge in [-0.1, -0.05) is 6.07 Å². The first-order valence-corrected chi connectivity index (χ1v) is 7.02. The first-order chi connectivity index (χ1) is 10.9. The number of carbonyl (C=O) groups excluding carboxylic acids is 3. The highest BCUT2D eigenvalue weighted by Gasteiger charge is 2.48. The molecular weight excluding hydrogens is 304 g/mol. The molecule has 0 unspecified atom stereocenters. The third kappa shape index (κ3) is 2.67. The van der Waals surface area contributed by atoms with E-state index in [9.17, 15) is 14.4 Å². The number of fused-ring (bicyclic) bond motifs is 1. The number of hydrogen-bond donors (Lipinski definition) is 1. The van der Waals surface area contributed by atoms with E-state index in [1.54, 1.807) is 25.1 Å². The van der Waals surface area contributed by atoms with Crippen molar-refractivity contribution in [2.24, 2.45) is 0 Å². The van der Waals surface area contributed by atoms with Crippen LogP contribution in [0.5, 0.6) is 11.5 Å². The summed E-state index contributed by atoms with van der Waals surface area (Å²) in [5.41, 5.74) is -0.316. The second-order valence-corrected chi connectivity index (χ2v) is 5.59. The lowest BCUT2D eigenvalue weighted by Gasteiger charge is -2.21. The molecule has 1 atom stereocenters. The molecule has 3 rings (SSSR count).